The molecule has 98 valence electrons. The number of para-hydroxylation sites is 1. The van der Waals surface area contributed by atoms with E-state index in [1.54, 1.807) is 0 Å². The topological polar surface area (TPSA) is 15.3 Å². The van der Waals surface area contributed by atoms with Crippen LogP contribution < -0.4 is 10.2 Å². The fourth-order valence-electron chi connectivity index (χ4n) is 2.41. The molecule has 0 aromatic heterocycles. The molecule has 2 heteroatoms. The third-order valence-corrected chi connectivity index (χ3v) is 3.53. The van der Waals surface area contributed by atoms with Crippen molar-refractivity contribution in [3.63, 3.8) is 0 Å². The summed E-state index contributed by atoms with van der Waals surface area (Å²) in [6.45, 7) is 7.64. The van der Waals surface area contributed by atoms with Crippen molar-refractivity contribution in [1.29, 1.82) is 0 Å². The first-order valence-electron chi connectivity index (χ1n) is 6.92. The summed E-state index contributed by atoms with van der Waals surface area (Å²) in [4.78, 5) is 2.49. The molecule has 1 fully saturated rings. The highest BCUT2D eigenvalue weighted by atomic mass is 15.1. The number of hydrogen-bond donors (Lipinski definition) is 1. The first-order valence-corrected chi connectivity index (χ1v) is 6.92. The Labute approximate surface area is 111 Å². The highest BCUT2D eigenvalue weighted by molar-refractivity contribution is 5.46. The van der Waals surface area contributed by atoms with Crippen LogP contribution in [-0.2, 0) is 0 Å². The number of rotatable bonds is 4. The van der Waals surface area contributed by atoms with E-state index in [-0.39, 0.29) is 0 Å². The molecule has 0 amide bonds. The van der Waals surface area contributed by atoms with Gasteiger partial charge in [0.25, 0.3) is 0 Å². The fraction of sp³-hybridized carbons (Fsp3) is 0.500. The quantitative estimate of drug-likeness (QED) is 0.818. The number of benzene rings is 1. The Kier molecular flexibility index (Phi) is 4.82. The van der Waals surface area contributed by atoms with E-state index in [0.29, 0.717) is 6.04 Å². The molecular formula is C16H24N2. The molecule has 0 saturated carbocycles. The minimum atomic E-state index is 0.681. The molecule has 0 unspecified atom stereocenters. The van der Waals surface area contributed by atoms with E-state index < -0.39 is 0 Å². The highest BCUT2D eigenvalue weighted by Gasteiger charge is 2.18. The van der Waals surface area contributed by atoms with Crippen molar-refractivity contribution in [2.75, 3.05) is 24.5 Å². The van der Waals surface area contributed by atoms with Crippen LogP contribution in [0.5, 0.6) is 0 Å². The van der Waals surface area contributed by atoms with Gasteiger partial charge in [-0.15, -0.1) is 0 Å². The molecule has 0 aliphatic carbocycles. The van der Waals surface area contributed by atoms with Crippen LogP contribution in [0.1, 0.15) is 26.7 Å². The summed E-state index contributed by atoms with van der Waals surface area (Å²) in [5.41, 5.74) is 2.75. The Balaban J connectivity index is 1.76. The average Bonchev–Trinajstić information content (AvgIpc) is 2.40. The lowest BCUT2D eigenvalue weighted by atomic mass is 10.0. The number of nitrogens with one attached hydrogen (secondary N) is 1. The second-order valence-corrected chi connectivity index (χ2v) is 5.29. The molecule has 1 aromatic carbocycles. The Morgan fingerprint density at radius 1 is 1.22 bits per heavy atom. The molecule has 1 heterocycles. The van der Waals surface area contributed by atoms with Gasteiger partial charge in [0.1, 0.15) is 0 Å². The maximum Gasteiger partial charge on any atom is 0.0366 e. The van der Waals surface area contributed by atoms with Crippen LogP contribution >= 0.6 is 0 Å². The fourth-order valence-corrected chi connectivity index (χ4v) is 2.41. The lowest BCUT2D eigenvalue weighted by Crippen LogP contribution is -2.42. The second kappa shape index (κ2) is 6.60. The molecule has 1 aliphatic rings. The van der Waals surface area contributed by atoms with Gasteiger partial charge in [-0.25, -0.2) is 0 Å². The summed E-state index contributed by atoms with van der Waals surface area (Å²) < 4.78 is 0. The molecule has 1 N–H and O–H groups in total. The summed E-state index contributed by atoms with van der Waals surface area (Å²) in [5, 5.41) is 3.62. The van der Waals surface area contributed by atoms with Gasteiger partial charge in [0, 0.05) is 31.4 Å². The zero-order chi connectivity index (χ0) is 12.8. The van der Waals surface area contributed by atoms with Crippen LogP contribution in [0.3, 0.4) is 0 Å². The van der Waals surface area contributed by atoms with E-state index >= 15 is 0 Å². The van der Waals surface area contributed by atoms with Crippen molar-refractivity contribution >= 4 is 5.69 Å². The van der Waals surface area contributed by atoms with Gasteiger partial charge in [-0.2, -0.15) is 0 Å². The van der Waals surface area contributed by atoms with Gasteiger partial charge in [0.05, 0.1) is 0 Å². The van der Waals surface area contributed by atoms with E-state index in [1.807, 2.05) is 0 Å². The molecule has 1 saturated heterocycles. The summed E-state index contributed by atoms with van der Waals surface area (Å²) in [6, 6.07) is 11.4. The number of anilines is 1. The van der Waals surface area contributed by atoms with Crippen LogP contribution in [0, 0.1) is 0 Å². The maximum absolute atomic E-state index is 3.62. The Bertz CT molecular complexity index is 371. The predicted molar refractivity (Wildman–Crippen MR) is 79.1 cm³/mol. The van der Waals surface area contributed by atoms with Crippen molar-refractivity contribution in [3.8, 4) is 0 Å². The standard InChI is InChI=1S/C16H24N2/c1-14(2)8-11-17-15-9-12-18(13-10-15)16-6-4-3-5-7-16/h3-8,15,17H,9-13H2,1-2H3. The Morgan fingerprint density at radius 2 is 1.89 bits per heavy atom. The summed E-state index contributed by atoms with van der Waals surface area (Å²) >= 11 is 0. The number of hydrogen-bond acceptors (Lipinski definition) is 2. The molecule has 18 heavy (non-hydrogen) atoms. The van der Waals surface area contributed by atoms with Crippen molar-refractivity contribution in [2.45, 2.75) is 32.7 Å². The van der Waals surface area contributed by atoms with E-state index in [4.69, 9.17) is 0 Å². The minimum Gasteiger partial charge on any atom is -0.371 e. The Hall–Kier alpha value is -1.28. The summed E-state index contributed by atoms with van der Waals surface area (Å²) in [6.07, 6.45) is 4.75. The van der Waals surface area contributed by atoms with Gasteiger partial charge in [-0.05, 0) is 38.8 Å². The molecule has 0 spiro atoms. The van der Waals surface area contributed by atoms with E-state index in [0.717, 1.165) is 19.6 Å². The first-order chi connectivity index (χ1) is 8.75. The average molecular weight is 244 g/mol. The minimum absolute atomic E-state index is 0.681. The van der Waals surface area contributed by atoms with Crippen LogP contribution in [-0.4, -0.2) is 25.7 Å². The van der Waals surface area contributed by atoms with Crippen LogP contribution in [0.4, 0.5) is 5.69 Å². The van der Waals surface area contributed by atoms with Gasteiger partial charge in [0.2, 0.25) is 0 Å². The summed E-state index contributed by atoms with van der Waals surface area (Å²) in [7, 11) is 0. The van der Waals surface area contributed by atoms with E-state index in [1.165, 1.54) is 24.1 Å². The molecule has 2 rings (SSSR count). The van der Waals surface area contributed by atoms with Gasteiger partial charge in [0.15, 0.2) is 0 Å². The predicted octanol–water partition coefficient (Wildman–Crippen LogP) is 3.21. The van der Waals surface area contributed by atoms with Crippen molar-refractivity contribution in [1.82, 2.24) is 5.32 Å². The van der Waals surface area contributed by atoms with Crippen molar-refractivity contribution < 1.29 is 0 Å². The number of piperidine rings is 1. The molecule has 0 atom stereocenters. The third kappa shape index (κ3) is 3.88. The van der Waals surface area contributed by atoms with E-state index in [2.05, 4.69) is 60.5 Å². The van der Waals surface area contributed by atoms with Gasteiger partial charge < -0.3 is 10.2 Å². The zero-order valence-electron chi connectivity index (χ0n) is 11.5. The van der Waals surface area contributed by atoms with Gasteiger partial charge in [-0.1, -0.05) is 29.8 Å². The SMILES string of the molecule is CC(C)=CCNC1CCN(c2ccccc2)CC1. The van der Waals surface area contributed by atoms with Crippen molar-refractivity contribution in [3.05, 3.63) is 42.0 Å². The molecule has 0 bridgehead atoms. The lowest BCUT2D eigenvalue weighted by Gasteiger charge is -2.34. The highest BCUT2D eigenvalue weighted by Crippen LogP contribution is 2.19. The lowest BCUT2D eigenvalue weighted by molar-refractivity contribution is 0.430. The summed E-state index contributed by atoms with van der Waals surface area (Å²) in [5.74, 6) is 0. The third-order valence-electron chi connectivity index (χ3n) is 3.53. The van der Waals surface area contributed by atoms with Crippen LogP contribution in [0.2, 0.25) is 0 Å². The molecule has 1 aliphatic heterocycles. The monoisotopic (exact) mass is 244 g/mol. The number of nitrogens with zero attached hydrogens (tertiary/aromatic N) is 1. The molecule has 2 nitrogen and oxygen atoms in total. The Morgan fingerprint density at radius 3 is 2.50 bits per heavy atom. The molecular weight excluding hydrogens is 220 g/mol. The maximum atomic E-state index is 3.62. The largest absolute Gasteiger partial charge is 0.371 e. The zero-order valence-corrected chi connectivity index (χ0v) is 11.5. The first kappa shape index (κ1) is 13.2. The van der Waals surface area contributed by atoms with E-state index in [9.17, 15) is 0 Å². The molecule has 1 aromatic rings. The van der Waals surface area contributed by atoms with Crippen molar-refractivity contribution in [2.24, 2.45) is 0 Å². The van der Waals surface area contributed by atoms with Crippen LogP contribution in [0.25, 0.3) is 0 Å². The van der Waals surface area contributed by atoms with Gasteiger partial charge in [-0.3, -0.25) is 0 Å². The normalized spacial score (nSPS) is 16.7. The molecule has 0 radical (unpaired) electrons. The number of allylic oxidation sites excluding steroid dienone is 1. The second-order valence-electron chi connectivity index (χ2n) is 5.29. The smallest absolute Gasteiger partial charge is 0.0366 e. The van der Waals surface area contributed by atoms with Crippen LogP contribution in [0.15, 0.2) is 42.0 Å². The van der Waals surface area contributed by atoms with Gasteiger partial charge >= 0.3 is 0 Å².